The Morgan fingerprint density at radius 2 is 1.74 bits per heavy atom. The molecule has 202 valence electrons. The Labute approximate surface area is 238 Å². The lowest BCUT2D eigenvalue weighted by Crippen LogP contribution is -2.32. The highest BCUT2D eigenvalue weighted by atomic mass is 35.5. The first kappa shape index (κ1) is 28.3. The molecule has 39 heavy (non-hydrogen) atoms. The van der Waals surface area contributed by atoms with Gasteiger partial charge in [-0.3, -0.25) is 9.59 Å². The summed E-state index contributed by atoms with van der Waals surface area (Å²) in [5, 5.41) is 7.21. The Hall–Kier alpha value is -3.73. The van der Waals surface area contributed by atoms with Crippen molar-refractivity contribution < 1.29 is 28.7 Å². The van der Waals surface area contributed by atoms with Crippen molar-refractivity contribution in [2.75, 3.05) is 11.9 Å². The van der Waals surface area contributed by atoms with Crippen molar-refractivity contribution in [3.63, 3.8) is 0 Å². The van der Waals surface area contributed by atoms with Crippen LogP contribution in [0.15, 0.2) is 47.6 Å². The van der Waals surface area contributed by atoms with E-state index in [9.17, 15) is 19.2 Å². The zero-order valence-corrected chi connectivity index (χ0v) is 23.0. The molecule has 1 aliphatic rings. The molecule has 2 N–H and O–H groups in total. The topological polar surface area (TPSA) is 123 Å². The van der Waals surface area contributed by atoms with Gasteiger partial charge in [0.15, 0.2) is 0 Å². The van der Waals surface area contributed by atoms with Crippen LogP contribution in [0.4, 0.5) is 5.00 Å². The van der Waals surface area contributed by atoms with Crippen LogP contribution in [-0.4, -0.2) is 36.6 Å². The molecule has 1 aliphatic carbocycles. The Kier molecular flexibility index (Phi) is 9.34. The fourth-order valence-corrected chi connectivity index (χ4v) is 5.65. The van der Waals surface area contributed by atoms with E-state index in [1.807, 2.05) is 0 Å². The molecule has 0 saturated carbocycles. The molecule has 12 heteroatoms. The van der Waals surface area contributed by atoms with Crippen molar-refractivity contribution in [3.05, 3.63) is 79.6 Å². The normalized spacial score (nSPS) is 12.5. The van der Waals surface area contributed by atoms with Crippen molar-refractivity contribution in [2.45, 2.75) is 32.6 Å². The maximum absolute atomic E-state index is 12.5. The molecule has 0 bridgehead atoms. The Balaban J connectivity index is 1.34. The molecule has 0 fully saturated rings. The lowest BCUT2D eigenvalue weighted by atomic mass is 9.95. The number of esters is 2. The lowest BCUT2D eigenvalue weighted by molar-refractivity contribution is -0.136. The van der Waals surface area contributed by atoms with E-state index in [1.165, 1.54) is 47.9 Å². The number of carbonyl (C=O) groups is 4. The average Bonchev–Trinajstić information content (AvgIpc) is 3.27. The number of fused-ring (bicyclic) bond motifs is 1. The summed E-state index contributed by atoms with van der Waals surface area (Å²) >= 11 is 13.2. The first-order valence-electron chi connectivity index (χ1n) is 12.0. The number of hydrogen-bond acceptors (Lipinski definition) is 8. The molecule has 2 amide bonds. The van der Waals surface area contributed by atoms with Crippen molar-refractivity contribution in [1.82, 2.24) is 5.43 Å². The van der Waals surface area contributed by atoms with E-state index in [-0.39, 0.29) is 22.9 Å². The minimum Gasteiger partial charge on any atom is -0.462 e. The van der Waals surface area contributed by atoms with Crippen molar-refractivity contribution in [2.24, 2.45) is 5.10 Å². The van der Waals surface area contributed by atoms with Gasteiger partial charge in [-0.2, -0.15) is 5.10 Å². The average molecular weight is 588 g/mol. The molecule has 4 rings (SSSR count). The van der Waals surface area contributed by atoms with Crippen LogP contribution in [0.2, 0.25) is 10.0 Å². The summed E-state index contributed by atoms with van der Waals surface area (Å²) < 4.78 is 10.5. The molecule has 0 unspecified atom stereocenters. The third kappa shape index (κ3) is 7.03. The van der Waals surface area contributed by atoms with Gasteiger partial charge in [0.2, 0.25) is 0 Å². The lowest BCUT2D eigenvalue weighted by Gasteiger charge is -2.12. The smallest absolute Gasteiger partial charge is 0.345 e. The number of anilines is 1. The zero-order chi connectivity index (χ0) is 27.9. The van der Waals surface area contributed by atoms with E-state index in [2.05, 4.69) is 15.8 Å². The van der Waals surface area contributed by atoms with Crippen LogP contribution in [0.5, 0.6) is 5.75 Å². The van der Waals surface area contributed by atoms with Gasteiger partial charge in [0.25, 0.3) is 0 Å². The molecule has 0 aliphatic heterocycles. The predicted octanol–water partition coefficient (Wildman–Crippen LogP) is 5.42. The Morgan fingerprint density at radius 3 is 2.46 bits per heavy atom. The molecule has 0 spiro atoms. The van der Waals surface area contributed by atoms with Crippen LogP contribution < -0.4 is 15.5 Å². The van der Waals surface area contributed by atoms with Gasteiger partial charge in [0.05, 0.1) is 29.0 Å². The Morgan fingerprint density at radius 1 is 1.00 bits per heavy atom. The van der Waals surface area contributed by atoms with Gasteiger partial charge < -0.3 is 14.8 Å². The third-order valence-corrected chi connectivity index (χ3v) is 7.46. The first-order chi connectivity index (χ1) is 18.8. The van der Waals surface area contributed by atoms with Gasteiger partial charge in [-0.25, -0.2) is 15.0 Å². The van der Waals surface area contributed by atoms with Crippen molar-refractivity contribution in [1.29, 1.82) is 0 Å². The highest BCUT2D eigenvalue weighted by Crippen LogP contribution is 2.38. The second-order valence-corrected chi connectivity index (χ2v) is 10.3. The number of carbonyl (C=O) groups excluding carboxylic acids is 4. The molecule has 0 saturated heterocycles. The summed E-state index contributed by atoms with van der Waals surface area (Å²) in [5.74, 6) is -2.86. The van der Waals surface area contributed by atoms with Gasteiger partial charge in [-0.15, -0.1) is 11.3 Å². The number of thiophene rings is 1. The minimum atomic E-state index is -1.00. The van der Waals surface area contributed by atoms with Gasteiger partial charge in [0.1, 0.15) is 10.8 Å². The maximum atomic E-state index is 12.5. The molecular formula is C27H23Cl2N3O6S. The van der Waals surface area contributed by atoms with E-state index in [1.54, 1.807) is 19.1 Å². The minimum absolute atomic E-state index is 0.171. The standard InChI is InChI=1S/C27H23Cl2N3O6S/c1-2-37-27(36)22-19-5-3-4-6-21(19)39-25(22)31-23(33)24(34)32-30-14-15-7-10-17(11-8-15)38-26(35)18-12-9-16(28)13-20(18)29/h7-14H,2-6H2,1H3,(H,31,33)(H,32,34)/b30-14+. The summed E-state index contributed by atoms with van der Waals surface area (Å²) in [4.78, 5) is 50.7. The molecular weight excluding hydrogens is 565 g/mol. The number of nitrogens with one attached hydrogen (secondary N) is 2. The molecule has 0 atom stereocenters. The molecule has 1 aromatic heterocycles. The van der Waals surface area contributed by atoms with E-state index >= 15 is 0 Å². The quantitative estimate of drug-likeness (QED) is 0.125. The van der Waals surface area contributed by atoms with Gasteiger partial charge in [0, 0.05) is 9.90 Å². The molecule has 3 aromatic rings. The monoisotopic (exact) mass is 587 g/mol. The van der Waals surface area contributed by atoms with Gasteiger partial charge >= 0.3 is 23.8 Å². The van der Waals surface area contributed by atoms with Crippen LogP contribution in [0.1, 0.15) is 56.5 Å². The first-order valence-corrected chi connectivity index (χ1v) is 13.6. The fourth-order valence-electron chi connectivity index (χ4n) is 3.89. The van der Waals surface area contributed by atoms with Gasteiger partial charge in [-0.05, 0) is 86.2 Å². The van der Waals surface area contributed by atoms with Gasteiger partial charge in [-0.1, -0.05) is 23.2 Å². The summed E-state index contributed by atoms with van der Waals surface area (Å²) in [6.45, 7) is 1.91. The van der Waals surface area contributed by atoms with E-state index in [4.69, 9.17) is 32.7 Å². The number of aryl methyl sites for hydroxylation is 1. The van der Waals surface area contributed by atoms with Crippen LogP contribution in [0, 0.1) is 0 Å². The largest absolute Gasteiger partial charge is 0.462 e. The number of hydrogen-bond donors (Lipinski definition) is 2. The SMILES string of the molecule is CCOC(=O)c1c(NC(=O)C(=O)N/N=C/c2ccc(OC(=O)c3ccc(Cl)cc3Cl)cc2)sc2c1CCCC2. The van der Waals surface area contributed by atoms with E-state index in [0.29, 0.717) is 21.2 Å². The molecule has 1 heterocycles. The van der Waals surface area contributed by atoms with Crippen LogP contribution in [-0.2, 0) is 27.2 Å². The molecule has 9 nitrogen and oxygen atoms in total. The fraction of sp³-hybridized carbons (Fsp3) is 0.222. The number of nitrogens with zero attached hydrogens (tertiary/aromatic N) is 1. The zero-order valence-electron chi connectivity index (χ0n) is 20.7. The summed E-state index contributed by atoms with van der Waals surface area (Å²) in [6.07, 6.45) is 4.79. The molecule has 2 aromatic carbocycles. The second-order valence-electron chi connectivity index (χ2n) is 8.37. The maximum Gasteiger partial charge on any atom is 0.345 e. The number of hydrazone groups is 1. The number of rotatable bonds is 7. The number of amides is 2. The molecule has 0 radical (unpaired) electrons. The summed E-state index contributed by atoms with van der Waals surface area (Å²) in [5.41, 5.74) is 4.10. The summed E-state index contributed by atoms with van der Waals surface area (Å²) in [7, 11) is 0. The highest BCUT2D eigenvalue weighted by molar-refractivity contribution is 7.17. The van der Waals surface area contributed by atoms with E-state index in [0.717, 1.165) is 36.1 Å². The number of benzene rings is 2. The van der Waals surface area contributed by atoms with E-state index < -0.39 is 23.8 Å². The Bertz CT molecular complexity index is 1450. The number of ether oxygens (including phenoxy) is 2. The van der Waals surface area contributed by atoms with Crippen molar-refractivity contribution >= 4 is 69.5 Å². The number of halogens is 2. The summed E-state index contributed by atoms with van der Waals surface area (Å²) in [6, 6.07) is 10.7. The van der Waals surface area contributed by atoms with Crippen LogP contribution >= 0.6 is 34.5 Å². The second kappa shape index (κ2) is 12.9. The third-order valence-electron chi connectivity index (χ3n) is 5.71. The predicted molar refractivity (Wildman–Crippen MR) is 149 cm³/mol. The van der Waals surface area contributed by atoms with Crippen LogP contribution in [0.3, 0.4) is 0 Å². The van der Waals surface area contributed by atoms with Crippen molar-refractivity contribution in [3.8, 4) is 5.75 Å². The van der Waals surface area contributed by atoms with Crippen LogP contribution in [0.25, 0.3) is 0 Å². The highest BCUT2D eigenvalue weighted by Gasteiger charge is 2.28.